The van der Waals surface area contributed by atoms with Gasteiger partial charge < -0.3 is 5.73 Å². The predicted octanol–water partition coefficient (Wildman–Crippen LogP) is -0.100. The first kappa shape index (κ1) is 13.8. The minimum Gasteiger partial charge on any atom is -0.329 e. The van der Waals surface area contributed by atoms with Gasteiger partial charge in [0.2, 0.25) is 0 Å². The highest BCUT2D eigenvalue weighted by Gasteiger charge is 2.24. The van der Waals surface area contributed by atoms with Gasteiger partial charge in [-0.1, -0.05) is 6.92 Å². The zero-order valence-electron chi connectivity index (χ0n) is 9.37. The zero-order valence-corrected chi connectivity index (χ0v) is 10.2. The number of nitrogens with two attached hydrogens (primary N) is 1. The number of hydrogen-bond donors (Lipinski definition) is 2. The molecule has 0 aliphatic heterocycles. The fourth-order valence-corrected chi connectivity index (χ4v) is 2.63. The van der Waals surface area contributed by atoms with Crippen molar-refractivity contribution in [2.24, 2.45) is 5.73 Å². The Bertz CT molecular complexity index is 256. The fourth-order valence-electron chi connectivity index (χ4n) is 1.04. The van der Waals surface area contributed by atoms with Crippen LogP contribution in [-0.4, -0.2) is 37.9 Å². The van der Waals surface area contributed by atoms with Gasteiger partial charge in [0.1, 0.15) is 0 Å². The SMILES string of the molecule is CCN(CCN)S(=O)(=O)NC(C)(C)C. The second-order valence-electron chi connectivity index (χ2n) is 4.14. The van der Waals surface area contributed by atoms with Crippen LogP contribution < -0.4 is 10.5 Å². The maximum absolute atomic E-state index is 11.7. The molecule has 0 aromatic rings. The van der Waals surface area contributed by atoms with Crippen LogP contribution >= 0.6 is 0 Å². The van der Waals surface area contributed by atoms with Crippen LogP contribution in [0.1, 0.15) is 27.7 Å². The van der Waals surface area contributed by atoms with Gasteiger partial charge in [-0.25, -0.2) is 0 Å². The highest BCUT2D eigenvalue weighted by Crippen LogP contribution is 2.05. The lowest BCUT2D eigenvalue weighted by Crippen LogP contribution is -2.49. The Morgan fingerprint density at radius 2 is 1.86 bits per heavy atom. The molecule has 0 radical (unpaired) electrons. The van der Waals surface area contributed by atoms with Crippen LogP contribution in [0.25, 0.3) is 0 Å². The summed E-state index contributed by atoms with van der Waals surface area (Å²) >= 11 is 0. The van der Waals surface area contributed by atoms with E-state index in [2.05, 4.69) is 4.72 Å². The number of rotatable bonds is 5. The predicted molar refractivity (Wildman–Crippen MR) is 58.1 cm³/mol. The van der Waals surface area contributed by atoms with Crippen LogP contribution in [-0.2, 0) is 10.2 Å². The molecule has 0 atom stereocenters. The lowest BCUT2D eigenvalue weighted by molar-refractivity contribution is 0.401. The molecule has 5 nitrogen and oxygen atoms in total. The van der Waals surface area contributed by atoms with Crippen molar-refractivity contribution in [3.8, 4) is 0 Å². The van der Waals surface area contributed by atoms with E-state index in [1.54, 1.807) is 27.7 Å². The molecule has 0 aliphatic rings. The molecule has 14 heavy (non-hydrogen) atoms. The standard InChI is InChI=1S/C8H21N3O2S/c1-5-11(7-6-9)14(12,13)10-8(2,3)4/h10H,5-7,9H2,1-4H3. The third-order valence-corrected chi connectivity index (χ3v) is 3.50. The van der Waals surface area contributed by atoms with E-state index < -0.39 is 15.7 Å². The van der Waals surface area contributed by atoms with Crippen molar-refractivity contribution in [3.63, 3.8) is 0 Å². The largest absolute Gasteiger partial charge is 0.329 e. The van der Waals surface area contributed by atoms with Crippen molar-refractivity contribution in [2.45, 2.75) is 33.2 Å². The average molecular weight is 223 g/mol. The summed E-state index contributed by atoms with van der Waals surface area (Å²) in [7, 11) is -3.39. The Morgan fingerprint density at radius 3 is 2.14 bits per heavy atom. The smallest absolute Gasteiger partial charge is 0.279 e. The fraction of sp³-hybridized carbons (Fsp3) is 1.00. The molecule has 0 amide bonds. The first-order chi connectivity index (χ1) is 6.23. The third-order valence-electron chi connectivity index (χ3n) is 1.51. The van der Waals surface area contributed by atoms with Crippen molar-refractivity contribution in [1.29, 1.82) is 0 Å². The maximum atomic E-state index is 11.7. The van der Waals surface area contributed by atoms with E-state index in [1.165, 1.54) is 4.31 Å². The molecule has 6 heteroatoms. The third kappa shape index (κ3) is 4.90. The van der Waals surface area contributed by atoms with E-state index >= 15 is 0 Å². The van der Waals surface area contributed by atoms with Crippen LogP contribution in [0, 0.1) is 0 Å². The molecule has 0 saturated heterocycles. The lowest BCUT2D eigenvalue weighted by Gasteiger charge is -2.26. The van der Waals surface area contributed by atoms with Crippen molar-refractivity contribution in [2.75, 3.05) is 19.6 Å². The number of nitrogens with one attached hydrogen (secondary N) is 1. The van der Waals surface area contributed by atoms with Gasteiger partial charge in [-0.3, -0.25) is 0 Å². The highest BCUT2D eigenvalue weighted by atomic mass is 32.2. The number of hydrogen-bond acceptors (Lipinski definition) is 3. The van der Waals surface area contributed by atoms with Crippen LogP contribution in [0.5, 0.6) is 0 Å². The first-order valence-corrected chi connectivity index (χ1v) is 6.16. The van der Waals surface area contributed by atoms with Gasteiger partial charge >= 0.3 is 0 Å². The number of nitrogens with zero attached hydrogens (tertiary/aromatic N) is 1. The van der Waals surface area contributed by atoms with E-state index in [1.807, 2.05) is 0 Å². The summed E-state index contributed by atoms with van der Waals surface area (Å²) in [6.07, 6.45) is 0. The Hall–Kier alpha value is -0.170. The molecule has 0 aliphatic carbocycles. The summed E-state index contributed by atoms with van der Waals surface area (Å²) in [5.74, 6) is 0. The molecule has 0 aromatic carbocycles. The van der Waals surface area contributed by atoms with Crippen LogP contribution in [0.2, 0.25) is 0 Å². The van der Waals surface area contributed by atoms with E-state index in [0.29, 0.717) is 19.6 Å². The molecular weight excluding hydrogens is 202 g/mol. The van der Waals surface area contributed by atoms with Gasteiger partial charge in [0.15, 0.2) is 0 Å². The van der Waals surface area contributed by atoms with E-state index in [4.69, 9.17) is 5.73 Å². The van der Waals surface area contributed by atoms with Crippen LogP contribution in [0.3, 0.4) is 0 Å². The van der Waals surface area contributed by atoms with E-state index in [0.717, 1.165) is 0 Å². The molecule has 0 aromatic heterocycles. The zero-order chi connectivity index (χ0) is 11.4. The molecule has 86 valence electrons. The molecular formula is C8H21N3O2S. The Balaban J connectivity index is 4.59. The van der Waals surface area contributed by atoms with Gasteiger partial charge in [0, 0.05) is 25.2 Å². The second kappa shape index (κ2) is 5.06. The summed E-state index contributed by atoms with van der Waals surface area (Å²) in [5, 5.41) is 0. The highest BCUT2D eigenvalue weighted by molar-refractivity contribution is 7.87. The van der Waals surface area contributed by atoms with Gasteiger partial charge in [-0.15, -0.1) is 0 Å². The van der Waals surface area contributed by atoms with Crippen molar-refractivity contribution in [1.82, 2.24) is 9.03 Å². The molecule has 0 spiro atoms. The minimum atomic E-state index is -3.39. The summed E-state index contributed by atoms with van der Waals surface area (Å²) < 4.78 is 27.4. The second-order valence-corrected chi connectivity index (χ2v) is 5.81. The normalized spacial score (nSPS) is 13.6. The molecule has 0 heterocycles. The van der Waals surface area contributed by atoms with Crippen molar-refractivity contribution < 1.29 is 8.42 Å². The lowest BCUT2D eigenvalue weighted by atomic mass is 10.1. The van der Waals surface area contributed by atoms with E-state index in [-0.39, 0.29) is 0 Å². The van der Waals surface area contributed by atoms with Gasteiger partial charge in [-0.05, 0) is 20.8 Å². The number of likely N-dealkylation sites (N-methyl/N-ethyl adjacent to an activating group) is 1. The summed E-state index contributed by atoms with van der Waals surface area (Å²) in [5.41, 5.74) is 4.87. The maximum Gasteiger partial charge on any atom is 0.279 e. The first-order valence-electron chi connectivity index (χ1n) is 4.72. The quantitative estimate of drug-likeness (QED) is 0.683. The average Bonchev–Trinajstić information content (AvgIpc) is 1.94. The van der Waals surface area contributed by atoms with Gasteiger partial charge in [-0.2, -0.15) is 17.4 Å². The summed E-state index contributed by atoms with van der Waals surface area (Å²) in [6.45, 7) is 8.32. The van der Waals surface area contributed by atoms with Gasteiger partial charge in [0.25, 0.3) is 10.2 Å². The molecule has 0 unspecified atom stereocenters. The van der Waals surface area contributed by atoms with Gasteiger partial charge in [0.05, 0.1) is 0 Å². The van der Waals surface area contributed by atoms with E-state index in [9.17, 15) is 8.42 Å². The Kier molecular flexibility index (Phi) is 5.00. The molecule has 0 bridgehead atoms. The monoisotopic (exact) mass is 223 g/mol. The van der Waals surface area contributed by atoms with Crippen LogP contribution in [0.4, 0.5) is 0 Å². The molecule has 0 fully saturated rings. The topological polar surface area (TPSA) is 75.4 Å². The van der Waals surface area contributed by atoms with Crippen molar-refractivity contribution in [3.05, 3.63) is 0 Å². The summed E-state index contributed by atoms with van der Waals surface area (Å²) in [4.78, 5) is 0. The Labute approximate surface area is 86.8 Å². The molecule has 0 rings (SSSR count). The van der Waals surface area contributed by atoms with Crippen LogP contribution in [0.15, 0.2) is 0 Å². The van der Waals surface area contributed by atoms with Crippen molar-refractivity contribution >= 4 is 10.2 Å². The molecule has 0 saturated carbocycles. The Morgan fingerprint density at radius 1 is 1.36 bits per heavy atom. The molecule has 3 N–H and O–H groups in total. The minimum absolute atomic E-state index is 0.332. The summed E-state index contributed by atoms with van der Waals surface area (Å²) in [6, 6.07) is 0.